The number of imidazole rings is 1. The smallest absolute Gasteiger partial charge is 0.227 e. The summed E-state index contributed by atoms with van der Waals surface area (Å²) < 4.78 is 7.19. The van der Waals surface area contributed by atoms with Crippen molar-refractivity contribution in [3.05, 3.63) is 35.2 Å². The summed E-state index contributed by atoms with van der Waals surface area (Å²) >= 11 is 0. The molecule has 0 N–H and O–H groups in total. The van der Waals surface area contributed by atoms with Crippen LogP contribution in [0.1, 0.15) is 41.6 Å². The summed E-state index contributed by atoms with van der Waals surface area (Å²) in [4.78, 5) is 19.0. The van der Waals surface area contributed by atoms with E-state index in [0.29, 0.717) is 12.3 Å². The number of hydrogen-bond donors (Lipinski definition) is 0. The number of aromatic nitrogens is 3. The lowest BCUT2D eigenvalue weighted by atomic mass is 9.96. The molecular weight excluding hydrogens is 280 g/mol. The van der Waals surface area contributed by atoms with Gasteiger partial charge in [0.15, 0.2) is 0 Å². The van der Waals surface area contributed by atoms with Crippen LogP contribution in [0.3, 0.4) is 0 Å². The molecule has 22 heavy (non-hydrogen) atoms. The summed E-state index contributed by atoms with van der Waals surface area (Å²) in [5, 5.41) is 3.92. The summed E-state index contributed by atoms with van der Waals surface area (Å²) in [5.74, 6) is 2.27. The van der Waals surface area contributed by atoms with Crippen LogP contribution < -0.4 is 0 Å². The van der Waals surface area contributed by atoms with E-state index in [4.69, 9.17) is 4.52 Å². The molecule has 2 aromatic rings. The van der Waals surface area contributed by atoms with E-state index in [2.05, 4.69) is 10.1 Å². The lowest BCUT2D eigenvalue weighted by Crippen LogP contribution is -2.40. The van der Waals surface area contributed by atoms with Crippen molar-refractivity contribution in [3.8, 4) is 0 Å². The van der Waals surface area contributed by atoms with Crippen molar-refractivity contribution in [2.24, 2.45) is 7.05 Å². The number of rotatable bonds is 3. The molecule has 118 valence electrons. The molecule has 1 aliphatic rings. The SMILES string of the molecule is Cc1noc(C)c1CC(=O)N1CCCC(c2nccn2C)C1. The lowest BCUT2D eigenvalue weighted by Gasteiger charge is -2.32. The van der Waals surface area contributed by atoms with Gasteiger partial charge in [-0.05, 0) is 26.7 Å². The van der Waals surface area contributed by atoms with Gasteiger partial charge < -0.3 is 14.0 Å². The third kappa shape index (κ3) is 2.77. The second-order valence-corrected chi connectivity index (χ2v) is 6.05. The number of likely N-dealkylation sites (tertiary alicyclic amines) is 1. The number of amides is 1. The Morgan fingerprint density at radius 1 is 1.45 bits per heavy atom. The number of hydrogen-bond acceptors (Lipinski definition) is 4. The van der Waals surface area contributed by atoms with Crippen molar-refractivity contribution in [2.75, 3.05) is 13.1 Å². The Morgan fingerprint density at radius 3 is 2.91 bits per heavy atom. The summed E-state index contributed by atoms with van der Waals surface area (Å²) in [6, 6.07) is 0. The van der Waals surface area contributed by atoms with Gasteiger partial charge in [0.05, 0.1) is 12.1 Å². The highest BCUT2D eigenvalue weighted by Gasteiger charge is 2.27. The van der Waals surface area contributed by atoms with Crippen molar-refractivity contribution in [3.63, 3.8) is 0 Å². The molecule has 0 saturated carbocycles. The molecule has 1 aliphatic heterocycles. The number of carbonyl (C=O) groups excluding carboxylic acids is 1. The lowest BCUT2D eigenvalue weighted by molar-refractivity contribution is -0.131. The summed E-state index contributed by atoms with van der Waals surface area (Å²) in [7, 11) is 2.01. The third-order valence-corrected chi connectivity index (χ3v) is 4.51. The van der Waals surface area contributed by atoms with Crippen LogP contribution in [0.5, 0.6) is 0 Å². The van der Waals surface area contributed by atoms with Crippen LogP contribution >= 0.6 is 0 Å². The van der Waals surface area contributed by atoms with E-state index in [1.165, 1.54) is 0 Å². The molecule has 0 radical (unpaired) electrons. The van der Waals surface area contributed by atoms with E-state index in [0.717, 1.165) is 48.8 Å². The molecule has 1 saturated heterocycles. The van der Waals surface area contributed by atoms with E-state index >= 15 is 0 Å². The van der Waals surface area contributed by atoms with Crippen LogP contribution in [-0.4, -0.2) is 38.6 Å². The van der Waals surface area contributed by atoms with Gasteiger partial charge in [-0.3, -0.25) is 4.79 Å². The Balaban J connectivity index is 1.69. The zero-order valence-corrected chi connectivity index (χ0v) is 13.4. The largest absolute Gasteiger partial charge is 0.361 e. The molecule has 1 atom stereocenters. The fraction of sp³-hybridized carbons (Fsp3) is 0.562. The number of carbonyl (C=O) groups is 1. The molecule has 0 bridgehead atoms. The standard InChI is InChI=1S/C16H22N4O2/c1-11-14(12(2)22-18-11)9-15(21)20-7-4-5-13(10-20)16-17-6-8-19(16)3/h6,8,13H,4-5,7,9-10H2,1-3H3. The van der Waals surface area contributed by atoms with Gasteiger partial charge in [-0.1, -0.05) is 5.16 Å². The Labute approximate surface area is 130 Å². The van der Waals surface area contributed by atoms with Gasteiger partial charge in [-0.25, -0.2) is 4.98 Å². The second kappa shape index (κ2) is 5.94. The molecule has 6 heteroatoms. The first kappa shape index (κ1) is 14.8. The maximum absolute atomic E-state index is 12.6. The van der Waals surface area contributed by atoms with Gasteiger partial charge in [-0.15, -0.1) is 0 Å². The monoisotopic (exact) mass is 302 g/mol. The first-order valence-corrected chi connectivity index (χ1v) is 7.73. The molecule has 0 spiro atoms. The molecule has 3 rings (SSSR count). The molecule has 1 amide bonds. The van der Waals surface area contributed by atoms with Gasteiger partial charge >= 0.3 is 0 Å². The van der Waals surface area contributed by atoms with E-state index in [-0.39, 0.29) is 5.91 Å². The van der Waals surface area contributed by atoms with Crippen molar-refractivity contribution < 1.29 is 9.32 Å². The highest BCUT2D eigenvalue weighted by atomic mass is 16.5. The Bertz CT molecular complexity index is 654. The highest BCUT2D eigenvalue weighted by molar-refractivity contribution is 5.79. The molecule has 0 aromatic carbocycles. The van der Waals surface area contributed by atoms with Gasteiger partial charge in [0.2, 0.25) is 5.91 Å². The van der Waals surface area contributed by atoms with Crippen molar-refractivity contribution in [1.29, 1.82) is 0 Å². The highest BCUT2D eigenvalue weighted by Crippen LogP contribution is 2.26. The first-order chi connectivity index (χ1) is 10.6. The quantitative estimate of drug-likeness (QED) is 0.869. The molecule has 6 nitrogen and oxygen atoms in total. The van der Waals surface area contributed by atoms with Crippen LogP contribution in [0.25, 0.3) is 0 Å². The maximum Gasteiger partial charge on any atom is 0.227 e. The zero-order valence-electron chi connectivity index (χ0n) is 13.4. The Morgan fingerprint density at radius 2 is 2.27 bits per heavy atom. The van der Waals surface area contributed by atoms with E-state index in [9.17, 15) is 4.79 Å². The fourth-order valence-corrected chi connectivity index (χ4v) is 3.20. The predicted molar refractivity (Wildman–Crippen MR) is 81.4 cm³/mol. The van der Waals surface area contributed by atoms with Gasteiger partial charge in [0.25, 0.3) is 0 Å². The van der Waals surface area contributed by atoms with Crippen LogP contribution in [0.2, 0.25) is 0 Å². The molecule has 2 aromatic heterocycles. The molecule has 0 aliphatic carbocycles. The summed E-state index contributed by atoms with van der Waals surface area (Å²) in [6.07, 6.45) is 6.25. The molecular formula is C16H22N4O2. The minimum atomic E-state index is 0.147. The van der Waals surface area contributed by atoms with Crippen LogP contribution in [0, 0.1) is 13.8 Å². The molecule has 1 unspecified atom stereocenters. The first-order valence-electron chi connectivity index (χ1n) is 7.73. The minimum Gasteiger partial charge on any atom is -0.361 e. The number of nitrogens with zero attached hydrogens (tertiary/aromatic N) is 4. The van der Waals surface area contributed by atoms with Crippen LogP contribution in [0.15, 0.2) is 16.9 Å². The normalized spacial score (nSPS) is 18.7. The summed E-state index contributed by atoms with van der Waals surface area (Å²) in [5.41, 5.74) is 1.73. The van der Waals surface area contributed by atoms with Crippen molar-refractivity contribution >= 4 is 5.91 Å². The molecule has 3 heterocycles. The number of aryl methyl sites for hydroxylation is 3. The second-order valence-electron chi connectivity index (χ2n) is 6.05. The van der Waals surface area contributed by atoms with E-state index < -0.39 is 0 Å². The van der Waals surface area contributed by atoms with Gasteiger partial charge in [0.1, 0.15) is 11.6 Å². The van der Waals surface area contributed by atoms with Gasteiger partial charge in [-0.2, -0.15) is 0 Å². The topological polar surface area (TPSA) is 64.2 Å². The van der Waals surface area contributed by atoms with Gasteiger partial charge in [0, 0.05) is 44.0 Å². The van der Waals surface area contributed by atoms with Crippen LogP contribution in [-0.2, 0) is 18.3 Å². The van der Waals surface area contributed by atoms with E-state index in [1.54, 1.807) is 0 Å². The Hall–Kier alpha value is -2.11. The fourth-order valence-electron chi connectivity index (χ4n) is 3.20. The minimum absolute atomic E-state index is 0.147. The average Bonchev–Trinajstić information content (AvgIpc) is 3.08. The summed E-state index contributed by atoms with van der Waals surface area (Å²) in [6.45, 7) is 5.30. The van der Waals surface area contributed by atoms with E-state index in [1.807, 2.05) is 42.8 Å². The third-order valence-electron chi connectivity index (χ3n) is 4.51. The maximum atomic E-state index is 12.6. The number of piperidine rings is 1. The van der Waals surface area contributed by atoms with Crippen molar-refractivity contribution in [1.82, 2.24) is 19.6 Å². The van der Waals surface area contributed by atoms with Crippen molar-refractivity contribution in [2.45, 2.75) is 39.0 Å². The predicted octanol–water partition coefficient (Wildman–Crippen LogP) is 1.97. The zero-order chi connectivity index (χ0) is 15.7. The molecule has 1 fully saturated rings. The average molecular weight is 302 g/mol. The Kier molecular flexibility index (Phi) is 4.00. The van der Waals surface area contributed by atoms with Crippen LogP contribution in [0.4, 0.5) is 0 Å².